The second-order valence-corrected chi connectivity index (χ2v) is 9.54. The van der Waals surface area contributed by atoms with E-state index in [0.717, 1.165) is 23.4 Å². The number of esters is 1. The van der Waals surface area contributed by atoms with E-state index >= 15 is 0 Å². The third-order valence-electron chi connectivity index (χ3n) is 5.92. The number of fused-ring (bicyclic) bond motifs is 1. The molecule has 1 N–H and O–H groups in total. The van der Waals surface area contributed by atoms with E-state index in [1.165, 1.54) is 18.4 Å². The van der Waals surface area contributed by atoms with Crippen molar-refractivity contribution >= 4 is 35.8 Å². The summed E-state index contributed by atoms with van der Waals surface area (Å²) in [5, 5.41) is 5.39. The lowest BCUT2D eigenvalue weighted by Gasteiger charge is -2.26. The molecule has 0 radical (unpaired) electrons. The summed E-state index contributed by atoms with van der Waals surface area (Å²) in [5.74, 6) is -2.27. The first kappa shape index (κ1) is 24.2. The quantitative estimate of drug-likeness (QED) is 0.370. The van der Waals surface area contributed by atoms with Gasteiger partial charge in [0.1, 0.15) is 10.8 Å². The van der Waals surface area contributed by atoms with E-state index < -0.39 is 28.9 Å². The fourth-order valence-electron chi connectivity index (χ4n) is 4.18. The van der Waals surface area contributed by atoms with Crippen molar-refractivity contribution < 1.29 is 27.8 Å². The zero-order valence-corrected chi connectivity index (χ0v) is 20.2. The Morgan fingerprint density at radius 1 is 1.15 bits per heavy atom. The predicted octanol–water partition coefficient (Wildman–Crippen LogP) is 4.35. The molecule has 3 aromatic rings. The summed E-state index contributed by atoms with van der Waals surface area (Å²) in [6.07, 6.45) is 0.0211. The molecule has 0 saturated heterocycles. The largest absolute Gasteiger partial charge is 0.496 e. The number of thiazole rings is 1. The number of carbonyl (C=O) groups excluding carboxylic acids is 2. The summed E-state index contributed by atoms with van der Waals surface area (Å²) in [6, 6.07) is 7.70. The average molecular weight is 505 g/mol. The number of halogens is 2. The smallest absolute Gasteiger partial charge is 0.306 e. The summed E-state index contributed by atoms with van der Waals surface area (Å²) in [6.45, 7) is 0.148. The summed E-state index contributed by atoms with van der Waals surface area (Å²) in [4.78, 5) is 30.6. The number of thiol groups is 1. The molecule has 1 aliphatic carbocycles. The van der Waals surface area contributed by atoms with E-state index in [4.69, 9.17) is 9.47 Å². The number of benzene rings is 2. The van der Waals surface area contributed by atoms with Crippen molar-refractivity contribution in [3.63, 3.8) is 0 Å². The maximum absolute atomic E-state index is 13.7. The molecule has 0 spiro atoms. The summed E-state index contributed by atoms with van der Waals surface area (Å²) >= 11 is 5.79. The highest BCUT2D eigenvalue weighted by Gasteiger charge is 2.46. The number of nitrogens with zero attached hydrogens (tertiary/aromatic N) is 1. The van der Waals surface area contributed by atoms with Crippen LogP contribution in [0.5, 0.6) is 5.75 Å². The predicted molar refractivity (Wildman–Crippen MR) is 126 cm³/mol. The van der Waals surface area contributed by atoms with Gasteiger partial charge in [-0.05, 0) is 54.3 Å². The molecule has 10 heteroatoms. The number of carbonyl (C=O) groups is 2. The van der Waals surface area contributed by atoms with Gasteiger partial charge < -0.3 is 14.8 Å². The molecule has 4 rings (SSSR count). The Kier molecular flexibility index (Phi) is 6.90. The maximum Gasteiger partial charge on any atom is 0.306 e. The number of amides is 1. The monoisotopic (exact) mass is 504 g/mol. The molecule has 0 saturated carbocycles. The third kappa shape index (κ3) is 4.78. The lowest BCUT2D eigenvalue weighted by Crippen LogP contribution is -2.43. The molecule has 0 atom stereocenters. The zero-order valence-electron chi connectivity index (χ0n) is 18.5. The Balaban J connectivity index is 1.50. The molecule has 0 fully saturated rings. The van der Waals surface area contributed by atoms with Crippen molar-refractivity contribution in [3.05, 3.63) is 63.5 Å². The number of rotatable bonds is 7. The summed E-state index contributed by atoms with van der Waals surface area (Å²) < 4.78 is 37.5. The molecule has 1 heterocycles. The van der Waals surface area contributed by atoms with Gasteiger partial charge in [0.2, 0.25) is 5.91 Å². The minimum absolute atomic E-state index is 0.111. The second-order valence-electron chi connectivity index (χ2n) is 8.12. The van der Waals surface area contributed by atoms with Gasteiger partial charge in [0.15, 0.2) is 11.6 Å². The van der Waals surface area contributed by atoms with Gasteiger partial charge in [-0.15, -0.1) is 24.0 Å². The van der Waals surface area contributed by atoms with E-state index in [0.29, 0.717) is 26.8 Å². The number of hydrogen-bond donors (Lipinski definition) is 2. The van der Waals surface area contributed by atoms with Gasteiger partial charge in [0.25, 0.3) is 0 Å². The molecule has 6 nitrogen and oxygen atoms in total. The lowest BCUT2D eigenvalue weighted by molar-refractivity contribution is -0.148. The van der Waals surface area contributed by atoms with Crippen LogP contribution in [0, 0.1) is 17.0 Å². The number of aromatic nitrogens is 1. The van der Waals surface area contributed by atoms with Crippen LogP contribution in [0.4, 0.5) is 8.78 Å². The van der Waals surface area contributed by atoms with Gasteiger partial charge in [-0.2, -0.15) is 0 Å². The van der Waals surface area contributed by atoms with Crippen LogP contribution in [0.1, 0.15) is 22.6 Å². The van der Waals surface area contributed by atoms with E-state index in [9.17, 15) is 18.4 Å². The van der Waals surface area contributed by atoms with Crippen LogP contribution in [0.25, 0.3) is 11.3 Å². The lowest BCUT2D eigenvalue weighted by atomic mass is 9.80. The van der Waals surface area contributed by atoms with Gasteiger partial charge in [0.05, 0.1) is 38.3 Å². The molecule has 34 heavy (non-hydrogen) atoms. The first-order chi connectivity index (χ1) is 16.2. The molecule has 1 amide bonds. The van der Waals surface area contributed by atoms with Gasteiger partial charge in [-0.3, -0.25) is 9.59 Å². The molecular weight excluding hydrogens is 482 g/mol. The molecule has 178 valence electrons. The fraction of sp³-hybridized carbons (Fsp3) is 0.292. The first-order valence-corrected chi connectivity index (χ1v) is 11.7. The van der Waals surface area contributed by atoms with E-state index in [-0.39, 0.29) is 25.8 Å². The Morgan fingerprint density at radius 2 is 1.82 bits per heavy atom. The van der Waals surface area contributed by atoms with Crippen LogP contribution in [-0.2, 0) is 33.7 Å². The van der Waals surface area contributed by atoms with Crippen molar-refractivity contribution in [1.82, 2.24) is 10.3 Å². The first-order valence-electron chi connectivity index (χ1n) is 10.4. The van der Waals surface area contributed by atoms with Gasteiger partial charge in [0, 0.05) is 15.8 Å². The van der Waals surface area contributed by atoms with Crippen molar-refractivity contribution in [3.8, 4) is 17.0 Å². The van der Waals surface area contributed by atoms with E-state index in [2.05, 4.69) is 22.9 Å². The highest BCUT2D eigenvalue weighted by molar-refractivity contribution is 7.80. The van der Waals surface area contributed by atoms with Gasteiger partial charge >= 0.3 is 5.97 Å². The molecule has 0 bridgehead atoms. The van der Waals surface area contributed by atoms with Crippen LogP contribution < -0.4 is 10.1 Å². The Labute approximate surface area is 204 Å². The van der Waals surface area contributed by atoms with Crippen molar-refractivity contribution in [1.29, 1.82) is 0 Å². The molecule has 1 aromatic heterocycles. The van der Waals surface area contributed by atoms with Gasteiger partial charge in [-0.1, -0.05) is 0 Å². The highest BCUT2D eigenvalue weighted by atomic mass is 32.1. The van der Waals surface area contributed by atoms with Gasteiger partial charge in [-0.25, -0.2) is 13.8 Å². The minimum atomic E-state index is -1.19. The Morgan fingerprint density at radius 3 is 2.41 bits per heavy atom. The highest BCUT2D eigenvalue weighted by Crippen LogP contribution is 2.41. The van der Waals surface area contributed by atoms with E-state index in [1.54, 1.807) is 13.2 Å². The van der Waals surface area contributed by atoms with Crippen LogP contribution in [-0.4, -0.2) is 31.1 Å². The number of methoxy groups -OCH3 is 2. The van der Waals surface area contributed by atoms with Crippen LogP contribution in [0.15, 0.2) is 40.6 Å². The van der Waals surface area contributed by atoms with Crippen LogP contribution in [0.2, 0.25) is 0 Å². The summed E-state index contributed by atoms with van der Waals surface area (Å²) in [7, 11) is 2.81. The van der Waals surface area contributed by atoms with Crippen molar-refractivity contribution in [2.75, 3.05) is 14.2 Å². The second kappa shape index (κ2) is 9.71. The average Bonchev–Trinajstić information content (AvgIpc) is 3.42. The number of hydrogen-bond acceptors (Lipinski definition) is 7. The fourth-order valence-corrected chi connectivity index (χ4v) is 5.23. The SMILES string of the molecule is COC(=O)CC1(C(=O)NCc2nc(-c3ccc(OC)c(S)c3)cs2)Cc2cc(F)c(F)cc2C1. The number of nitrogens with one attached hydrogen (secondary N) is 1. The molecular formula is C24H22F2N2O4S2. The Hall–Kier alpha value is -2.98. The molecule has 0 aliphatic heterocycles. The van der Waals surface area contributed by atoms with Crippen LogP contribution in [0.3, 0.4) is 0 Å². The standard InChI is InChI=1S/C24H22F2N2O4S2/c1-31-19-4-3-13(7-20(19)33)18-12-34-21(28-18)11-27-23(30)24(10-22(29)32-2)8-14-5-16(25)17(26)6-15(14)9-24/h3-7,12,33H,8-11H2,1-2H3,(H,27,30). The minimum Gasteiger partial charge on any atom is -0.496 e. The summed E-state index contributed by atoms with van der Waals surface area (Å²) in [5.41, 5.74) is 1.42. The molecule has 1 aliphatic rings. The molecule has 0 unspecified atom stereocenters. The number of ether oxygens (including phenoxy) is 2. The maximum atomic E-state index is 13.7. The third-order valence-corrected chi connectivity index (χ3v) is 7.12. The Bertz CT molecular complexity index is 1230. The zero-order chi connectivity index (χ0) is 24.5. The topological polar surface area (TPSA) is 77.5 Å². The van der Waals surface area contributed by atoms with Crippen LogP contribution >= 0.6 is 24.0 Å². The molecule has 2 aromatic carbocycles. The van der Waals surface area contributed by atoms with E-state index in [1.807, 2.05) is 17.5 Å². The normalized spacial score (nSPS) is 13.9. The van der Waals surface area contributed by atoms with Crippen molar-refractivity contribution in [2.45, 2.75) is 30.7 Å². The van der Waals surface area contributed by atoms with Crippen molar-refractivity contribution in [2.24, 2.45) is 5.41 Å².